The smallest absolute Gasteiger partial charge is 0.357 e. The lowest BCUT2D eigenvalue weighted by Gasteiger charge is -1.99. The highest BCUT2D eigenvalue weighted by molar-refractivity contribution is 7.98. The molecule has 0 saturated carbocycles. The summed E-state index contributed by atoms with van der Waals surface area (Å²) in [6, 6.07) is 8.12. The Morgan fingerprint density at radius 1 is 1.39 bits per heavy atom. The molecule has 0 unspecified atom stereocenters. The SMILES string of the molecule is CCOC(=O)c1csc(-c2ccc(SC)cc2)n1. The van der Waals surface area contributed by atoms with E-state index in [1.165, 1.54) is 16.2 Å². The van der Waals surface area contributed by atoms with Crippen molar-refractivity contribution in [1.82, 2.24) is 4.98 Å². The topological polar surface area (TPSA) is 39.2 Å². The highest BCUT2D eigenvalue weighted by Crippen LogP contribution is 2.26. The van der Waals surface area contributed by atoms with E-state index in [4.69, 9.17) is 4.74 Å². The van der Waals surface area contributed by atoms with E-state index < -0.39 is 0 Å². The van der Waals surface area contributed by atoms with Crippen LogP contribution in [0.4, 0.5) is 0 Å². The van der Waals surface area contributed by atoms with Crippen molar-refractivity contribution in [2.45, 2.75) is 11.8 Å². The Labute approximate surface area is 114 Å². The third-order valence-corrected chi connectivity index (χ3v) is 3.96. The molecule has 0 spiro atoms. The van der Waals surface area contributed by atoms with Gasteiger partial charge in [0.25, 0.3) is 0 Å². The summed E-state index contributed by atoms with van der Waals surface area (Å²) in [5.74, 6) is -0.360. The van der Waals surface area contributed by atoms with Crippen LogP contribution in [0.2, 0.25) is 0 Å². The van der Waals surface area contributed by atoms with Crippen LogP contribution in [-0.2, 0) is 4.74 Å². The molecule has 5 heteroatoms. The Kier molecular flexibility index (Phi) is 4.38. The molecule has 18 heavy (non-hydrogen) atoms. The molecule has 1 aromatic carbocycles. The predicted octanol–water partition coefficient (Wildman–Crippen LogP) is 3.71. The van der Waals surface area contributed by atoms with Crippen LogP contribution < -0.4 is 0 Å². The maximum atomic E-state index is 11.5. The number of thioether (sulfide) groups is 1. The molecule has 0 aliphatic carbocycles. The van der Waals surface area contributed by atoms with Crippen LogP contribution in [0.3, 0.4) is 0 Å². The average molecular weight is 279 g/mol. The summed E-state index contributed by atoms with van der Waals surface area (Å²) in [5.41, 5.74) is 1.40. The van der Waals surface area contributed by atoms with Crippen LogP contribution in [0.5, 0.6) is 0 Å². The van der Waals surface area contributed by atoms with E-state index in [0.29, 0.717) is 12.3 Å². The second-order valence-electron chi connectivity index (χ2n) is 3.49. The van der Waals surface area contributed by atoms with Crippen molar-refractivity contribution >= 4 is 29.1 Å². The number of thiazole rings is 1. The first kappa shape index (κ1) is 13.1. The van der Waals surface area contributed by atoms with Gasteiger partial charge in [-0.1, -0.05) is 12.1 Å². The Morgan fingerprint density at radius 2 is 2.11 bits per heavy atom. The van der Waals surface area contributed by atoms with Gasteiger partial charge in [0.15, 0.2) is 5.69 Å². The van der Waals surface area contributed by atoms with Gasteiger partial charge in [0.1, 0.15) is 5.01 Å². The van der Waals surface area contributed by atoms with Crippen molar-refractivity contribution in [2.75, 3.05) is 12.9 Å². The zero-order valence-electron chi connectivity index (χ0n) is 10.2. The number of ether oxygens (including phenoxy) is 1. The van der Waals surface area contributed by atoms with Crippen LogP contribution >= 0.6 is 23.1 Å². The van der Waals surface area contributed by atoms with Crippen molar-refractivity contribution in [3.8, 4) is 10.6 Å². The second kappa shape index (κ2) is 6.02. The number of nitrogens with zero attached hydrogens (tertiary/aromatic N) is 1. The van der Waals surface area contributed by atoms with Gasteiger partial charge >= 0.3 is 5.97 Å². The van der Waals surface area contributed by atoms with Gasteiger partial charge in [-0.25, -0.2) is 9.78 Å². The summed E-state index contributed by atoms with van der Waals surface area (Å²) in [5, 5.41) is 2.57. The minimum atomic E-state index is -0.360. The van der Waals surface area contributed by atoms with E-state index >= 15 is 0 Å². The largest absolute Gasteiger partial charge is 0.461 e. The second-order valence-corrected chi connectivity index (χ2v) is 5.22. The van der Waals surface area contributed by atoms with E-state index in [-0.39, 0.29) is 5.97 Å². The molecule has 0 aliphatic rings. The highest BCUT2D eigenvalue weighted by Gasteiger charge is 2.12. The molecule has 2 aromatic rings. The number of hydrogen-bond acceptors (Lipinski definition) is 5. The van der Waals surface area contributed by atoms with Gasteiger partial charge in [-0.05, 0) is 25.3 Å². The molecule has 0 saturated heterocycles. The number of esters is 1. The fourth-order valence-corrected chi connectivity index (χ4v) is 2.64. The molecule has 0 atom stereocenters. The fourth-order valence-electron chi connectivity index (χ4n) is 1.44. The lowest BCUT2D eigenvalue weighted by Crippen LogP contribution is -2.04. The summed E-state index contributed by atoms with van der Waals surface area (Å²) in [7, 11) is 0. The van der Waals surface area contributed by atoms with Crippen molar-refractivity contribution in [3.63, 3.8) is 0 Å². The summed E-state index contributed by atoms with van der Waals surface area (Å²) in [4.78, 5) is 17.0. The van der Waals surface area contributed by atoms with E-state index in [2.05, 4.69) is 4.98 Å². The third kappa shape index (κ3) is 2.91. The zero-order valence-corrected chi connectivity index (χ0v) is 11.8. The van der Waals surface area contributed by atoms with Gasteiger partial charge in [0.2, 0.25) is 0 Å². The monoisotopic (exact) mass is 279 g/mol. The van der Waals surface area contributed by atoms with Gasteiger partial charge in [0.05, 0.1) is 6.61 Å². The number of benzene rings is 1. The van der Waals surface area contributed by atoms with Crippen LogP contribution in [0.15, 0.2) is 34.5 Å². The molecule has 0 radical (unpaired) electrons. The summed E-state index contributed by atoms with van der Waals surface area (Å²) in [6.07, 6.45) is 2.04. The molecular formula is C13H13NO2S2. The molecular weight excluding hydrogens is 266 g/mol. The molecule has 0 fully saturated rings. The van der Waals surface area contributed by atoms with Gasteiger partial charge in [-0.2, -0.15) is 0 Å². The fraction of sp³-hybridized carbons (Fsp3) is 0.231. The summed E-state index contributed by atoms with van der Waals surface area (Å²) >= 11 is 3.15. The van der Waals surface area contributed by atoms with E-state index in [1.54, 1.807) is 24.1 Å². The number of rotatable bonds is 4. The molecule has 94 valence electrons. The molecule has 1 heterocycles. The quantitative estimate of drug-likeness (QED) is 0.632. The third-order valence-electron chi connectivity index (χ3n) is 2.33. The maximum absolute atomic E-state index is 11.5. The summed E-state index contributed by atoms with van der Waals surface area (Å²) < 4.78 is 4.92. The van der Waals surface area contributed by atoms with Gasteiger partial charge in [-0.15, -0.1) is 23.1 Å². The first-order valence-corrected chi connectivity index (χ1v) is 7.62. The standard InChI is InChI=1S/C13H13NO2S2/c1-3-16-13(15)11-8-18-12(14-11)9-4-6-10(17-2)7-5-9/h4-8H,3H2,1-2H3. The lowest BCUT2D eigenvalue weighted by molar-refractivity contribution is 0.0520. The minimum Gasteiger partial charge on any atom is -0.461 e. The first-order valence-electron chi connectivity index (χ1n) is 5.51. The molecule has 2 rings (SSSR count). The average Bonchev–Trinajstić information content (AvgIpc) is 2.89. The van der Waals surface area contributed by atoms with Crippen molar-refractivity contribution < 1.29 is 9.53 Å². The Morgan fingerprint density at radius 3 is 2.72 bits per heavy atom. The molecule has 1 aromatic heterocycles. The van der Waals surface area contributed by atoms with Crippen LogP contribution in [-0.4, -0.2) is 23.8 Å². The van der Waals surface area contributed by atoms with E-state index in [9.17, 15) is 4.79 Å². The lowest BCUT2D eigenvalue weighted by atomic mass is 10.2. The Balaban J connectivity index is 2.20. The van der Waals surface area contributed by atoms with E-state index in [0.717, 1.165) is 10.6 Å². The number of hydrogen-bond donors (Lipinski definition) is 0. The number of carbonyl (C=O) groups is 1. The van der Waals surface area contributed by atoms with Crippen LogP contribution in [0, 0.1) is 0 Å². The molecule has 3 nitrogen and oxygen atoms in total. The van der Waals surface area contributed by atoms with Crippen molar-refractivity contribution in [3.05, 3.63) is 35.3 Å². The Bertz CT molecular complexity index is 534. The molecule has 0 aliphatic heterocycles. The van der Waals surface area contributed by atoms with E-state index in [1.807, 2.05) is 30.5 Å². The molecule has 0 bridgehead atoms. The van der Waals surface area contributed by atoms with Crippen molar-refractivity contribution in [1.29, 1.82) is 0 Å². The van der Waals surface area contributed by atoms with Crippen molar-refractivity contribution in [2.24, 2.45) is 0 Å². The summed E-state index contributed by atoms with van der Waals surface area (Å²) in [6.45, 7) is 2.15. The number of carbonyl (C=O) groups excluding carboxylic acids is 1. The predicted molar refractivity (Wildman–Crippen MR) is 75.3 cm³/mol. The maximum Gasteiger partial charge on any atom is 0.357 e. The van der Waals surface area contributed by atoms with Crippen LogP contribution in [0.1, 0.15) is 17.4 Å². The Hall–Kier alpha value is -1.33. The highest BCUT2D eigenvalue weighted by atomic mass is 32.2. The minimum absolute atomic E-state index is 0.360. The first-order chi connectivity index (χ1) is 8.74. The van der Waals surface area contributed by atoms with Crippen LogP contribution in [0.25, 0.3) is 10.6 Å². The van der Waals surface area contributed by atoms with Gasteiger partial charge in [0, 0.05) is 15.8 Å². The normalized spacial score (nSPS) is 10.3. The van der Waals surface area contributed by atoms with Gasteiger partial charge in [-0.3, -0.25) is 0 Å². The zero-order chi connectivity index (χ0) is 13.0. The molecule has 0 N–H and O–H groups in total. The van der Waals surface area contributed by atoms with Gasteiger partial charge < -0.3 is 4.74 Å². The molecule has 0 amide bonds. The number of aromatic nitrogens is 1.